The van der Waals surface area contributed by atoms with Crippen LogP contribution in [-0.4, -0.2) is 27.5 Å². The summed E-state index contributed by atoms with van der Waals surface area (Å²) in [5.41, 5.74) is 6.27. The second kappa shape index (κ2) is 11.4. The smallest absolute Gasteiger partial charge is 0.355 e. The molecule has 0 aliphatic rings. The van der Waals surface area contributed by atoms with Crippen LogP contribution >= 0.6 is 0 Å². The molecule has 2 heterocycles. The average molecular weight is 505 g/mol. The third-order valence-corrected chi connectivity index (χ3v) is 5.98. The molecule has 3 aromatic carbocycles. The highest BCUT2D eigenvalue weighted by Crippen LogP contribution is 2.37. The molecule has 0 unspecified atom stereocenters. The van der Waals surface area contributed by atoms with E-state index >= 15 is 0 Å². The predicted molar refractivity (Wildman–Crippen MR) is 148 cm³/mol. The molecule has 0 saturated heterocycles. The van der Waals surface area contributed by atoms with Crippen LogP contribution in [0, 0.1) is 6.92 Å². The first kappa shape index (κ1) is 24.8. The van der Waals surface area contributed by atoms with E-state index in [-0.39, 0.29) is 6.61 Å². The zero-order valence-electron chi connectivity index (χ0n) is 21.3. The predicted octanol–water partition coefficient (Wildman–Crippen LogP) is 6.95. The molecule has 190 valence electrons. The van der Waals surface area contributed by atoms with E-state index in [1.165, 1.54) is 0 Å². The lowest BCUT2D eigenvalue weighted by Gasteiger charge is -2.11. The van der Waals surface area contributed by atoms with Crippen molar-refractivity contribution in [1.82, 2.24) is 15.0 Å². The normalized spacial score (nSPS) is 10.7. The molecule has 0 saturated carbocycles. The van der Waals surface area contributed by atoms with Crippen molar-refractivity contribution in [2.75, 3.05) is 11.9 Å². The van der Waals surface area contributed by atoms with E-state index in [0.29, 0.717) is 23.9 Å². The number of benzene rings is 3. The van der Waals surface area contributed by atoms with Gasteiger partial charge in [-0.15, -0.1) is 0 Å². The summed E-state index contributed by atoms with van der Waals surface area (Å²) in [6.45, 7) is 4.48. The molecule has 0 spiro atoms. The number of esters is 1. The van der Waals surface area contributed by atoms with Crippen LogP contribution in [-0.2, 0) is 11.3 Å². The van der Waals surface area contributed by atoms with E-state index < -0.39 is 5.97 Å². The van der Waals surface area contributed by atoms with Crippen molar-refractivity contribution in [2.24, 2.45) is 0 Å². The van der Waals surface area contributed by atoms with Gasteiger partial charge in [-0.05, 0) is 43.2 Å². The number of nitrogens with one attached hydrogen (secondary N) is 2. The second-order valence-corrected chi connectivity index (χ2v) is 8.65. The van der Waals surface area contributed by atoms with Crippen LogP contribution in [0.25, 0.3) is 22.4 Å². The molecular formula is C31H28N4O3. The topological polar surface area (TPSA) is 89.1 Å². The van der Waals surface area contributed by atoms with Gasteiger partial charge in [-0.3, -0.25) is 0 Å². The number of hydrogen-bond donors (Lipinski definition) is 2. The summed E-state index contributed by atoms with van der Waals surface area (Å²) in [6.07, 6.45) is 1.70. The molecule has 0 bridgehead atoms. The fourth-order valence-electron chi connectivity index (χ4n) is 4.29. The van der Waals surface area contributed by atoms with Crippen molar-refractivity contribution >= 4 is 17.6 Å². The van der Waals surface area contributed by atoms with Crippen LogP contribution < -0.4 is 10.1 Å². The van der Waals surface area contributed by atoms with E-state index in [1.54, 1.807) is 13.1 Å². The van der Waals surface area contributed by atoms with Gasteiger partial charge in [-0.25, -0.2) is 14.8 Å². The van der Waals surface area contributed by atoms with Crippen LogP contribution in [0.2, 0.25) is 0 Å². The molecule has 0 atom stereocenters. The van der Waals surface area contributed by atoms with Crippen molar-refractivity contribution in [1.29, 1.82) is 0 Å². The quantitative estimate of drug-likeness (QED) is 0.211. The summed E-state index contributed by atoms with van der Waals surface area (Å²) in [5.74, 6) is 0.766. The number of aromatic amines is 1. The summed E-state index contributed by atoms with van der Waals surface area (Å²) in [4.78, 5) is 25.3. The standard InChI is InChI=1S/C31H28N4O3/c1-3-37-30(36)29-28(23-13-8-5-9-14-23)27(21(2)33-29)26-17-18-32-31(35-26)34-24-15-10-16-25(19-24)38-20-22-11-6-4-7-12-22/h4-19,33H,3,20H2,1-2H3,(H,32,34,35). The Bertz CT molecular complexity index is 1530. The summed E-state index contributed by atoms with van der Waals surface area (Å²) in [5, 5.41) is 3.28. The molecule has 2 aromatic heterocycles. The minimum absolute atomic E-state index is 0.288. The van der Waals surface area contributed by atoms with Crippen molar-refractivity contribution < 1.29 is 14.3 Å². The van der Waals surface area contributed by atoms with Crippen LogP contribution in [0.1, 0.15) is 28.7 Å². The Kier molecular flexibility index (Phi) is 7.45. The molecule has 7 nitrogen and oxygen atoms in total. The summed E-state index contributed by atoms with van der Waals surface area (Å²) in [7, 11) is 0. The molecule has 0 aliphatic carbocycles. The van der Waals surface area contributed by atoms with Crippen molar-refractivity contribution in [3.63, 3.8) is 0 Å². The first-order valence-corrected chi connectivity index (χ1v) is 12.4. The van der Waals surface area contributed by atoms with Gasteiger partial charge < -0.3 is 19.8 Å². The SMILES string of the molecule is CCOC(=O)c1[nH]c(C)c(-c2ccnc(Nc3cccc(OCc4ccccc4)c3)n2)c1-c1ccccc1. The minimum atomic E-state index is -0.402. The Hall–Kier alpha value is -4.91. The largest absolute Gasteiger partial charge is 0.489 e. The Morgan fingerprint density at radius 3 is 2.45 bits per heavy atom. The van der Waals surface area contributed by atoms with Gasteiger partial charge in [0.1, 0.15) is 18.1 Å². The summed E-state index contributed by atoms with van der Waals surface area (Å²) < 4.78 is 11.3. The van der Waals surface area contributed by atoms with Crippen LogP contribution in [0.4, 0.5) is 11.6 Å². The number of H-pyrrole nitrogens is 1. The van der Waals surface area contributed by atoms with E-state index in [2.05, 4.69) is 15.3 Å². The van der Waals surface area contributed by atoms with E-state index in [0.717, 1.165) is 39.4 Å². The van der Waals surface area contributed by atoms with Crippen molar-refractivity contribution in [3.8, 4) is 28.1 Å². The van der Waals surface area contributed by atoms with E-state index in [1.807, 2.05) is 97.9 Å². The first-order valence-electron chi connectivity index (χ1n) is 12.4. The van der Waals surface area contributed by atoms with Gasteiger partial charge in [0.05, 0.1) is 12.3 Å². The molecule has 2 N–H and O–H groups in total. The molecule has 7 heteroatoms. The molecule has 38 heavy (non-hydrogen) atoms. The number of rotatable bonds is 9. The van der Waals surface area contributed by atoms with Gasteiger partial charge in [0, 0.05) is 34.8 Å². The molecular weight excluding hydrogens is 476 g/mol. The second-order valence-electron chi connectivity index (χ2n) is 8.65. The number of anilines is 2. The average Bonchev–Trinajstić information content (AvgIpc) is 3.30. The maximum atomic E-state index is 12.8. The maximum absolute atomic E-state index is 12.8. The zero-order chi connectivity index (χ0) is 26.3. The number of aromatic nitrogens is 3. The molecule has 0 amide bonds. The Balaban J connectivity index is 1.44. The molecule has 5 rings (SSSR count). The lowest BCUT2D eigenvalue weighted by atomic mass is 9.98. The maximum Gasteiger partial charge on any atom is 0.355 e. The third-order valence-electron chi connectivity index (χ3n) is 5.98. The molecule has 0 radical (unpaired) electrons. The van der Waals surface area contributed by atoms with Gasteiger partial charge in [0.2, 0.25) is 5.95 Å². The highest BCUT2D eigenvalue weighted by molar-refractivity contribution is 6.01. The van der Waals surface area contributed by atoms with Crippen LogP contribution in [0.5, 0.6) is 5.75 Å². The number of aryl methyl sites for hydroxylation is 1. The van der Waals surface area contributed by atoms with Crippen LogP contribution in [0.15, 0.2) is 97.2 Å². The Morgan fingerprint density at radius 2 is 1.68 bits per heavy atom. The number of carbonyl (C=O) groups excluding carboxylic acids is 1. The fourth-order valence-corrected chi connectivity index (χ4v) is 4.29. The molecule has 0 fully saturated rings. The van der Waals surface area contributed by atoms with Gasteiger partial charge >= 0.3 is 5.97 Å². The monoisotopic (exact) mass is 504 g/mol. The number of carbonyl (C=O) groups is 1. The molecule has 0 aliphatic heterocycles. The molecule has 5 aromatic rings. The summed E-state index contributed by atoms with van der Waals surface area (Å²) >= 11 is 0. The summed E-state index contributed by atoms with van der Waals surface area (Å²) in [6, 6.07) is 29.3. The highest BCUT2D eigenvalue weighted by atomic mass is 16.5. The zero-order valence-corrected chi connectivity index (χ0v) is 21.3. The lowest BCUT2D eigenvalue weighted by molar-refractivity contribution is 0.0521. The minimum Gasteiger partial charge on any atom is -0.489 e. The van der Waals surface area contributed by atoms with E-state index in [4.69, 9.17) is 14.5 Å². The van der Waals surface area contributed by atoms with Gasteiger partial charge in [-0.1, -0.05) is 66.7 Å². The van der Waals surface area contributed by atoms with Crippen molar-refractivity contribution in [3.05, 3.63) is 114 Å². The van der Waals surface area contributed by atoms with Gasteiger partial charge in [0.15, 0.2) is 0 Å². The third kappa shape index (κ3) is 5.57. The number of nitrogens with zero attached hydrogens (tertiary/aromatic N) is 2. The van der Waals surface area contributed by atoms with E-state index in [9.17, 15) is 4.79 Å². The lowest BCUT2D eigenvalue weighted by Crippen LogP contribution is -2.06. The highest BCUT2D eigenvalue weighted by Gasteiger charge is 2.24. The van der Waals surface area contributed by atoms with Crippen molar-refractivity contribution in [2.45, 2.75) is 20.5 Å². The Labute approximate surface area is 221 Å². The van der Waals surface area contributed by atoms with Gasteiger partial charge in [0.25, 0.3) is 0 Å². The van der Waals surface area contributed by atoms with Gasteiger partial charge in [-0.2, -0.15) is 0 Å². The van der Waals surface area contributed by atoms with Crippen LogP contribution in [0.3, 0.4) is 0 Å². The number of hydrogen-bond acceptors (Lipinski definition) is 6. The Morgan fingerprint density at radius 1 is 0.921 bits per heavy atom. The fraction of sp³-hybridized carbons (Fsp3) is 0.129. The first-order chi connectivity index (χ1) is 18.6. The number of ether oxygens (including phenoxy) is 2.